The number of anilines is 1. The third-order valence-electron chi connectivity index (χ3n) is 6.44. The molecule has 0 bridgehead atoms. The van der Waals surface area contributed by atoms with Crippen molar-refractivity contribution in [3.63, 3.8) is 0 Å². The predicted octanol–water partition coefficient (Wildman–Crippen LogP) is 3.53. The first-order chi connectivity index (χ1) is 18.4. The number of methoxy groups -OCH3 is 1. The standard InChI is InChI=1S/C27H31F2N5O4/c1-3-38-26-20(11-13-35)25(34(32-26)19-7-5-4-6-8-19)31-27(36)30-24-17-33(12-14-37-2)16-21(24)18-9-10-22(28)23(29)15-18/h4-10,13,15,21,24H,3,11-12,14,16-17H2,1-2H3,(H2,30,31,36)/t21-,24+/m0/s1. The maximum Gasteiger partial charge on any atom is 0.320 e. The Hall–Kier alpha value is -3.83. The average molecular weight is 528 g/mol. The summed E-state index contributed by atoms with van der Waals surface area (Å²) in [6.07, 6.45) is 0.713. The lowest BCUT2D eigenvalue weighted by molar-refractivity contribution is -0.107. The SMILES string of the molecule is CCOc1nn(-c2ccccc2)c(NC(=O)N[C@@H]2CN(CCOC)C[C@H]2c2ccc(F)c(F)c2)c1CC=O. The second-order valence-electron chi connectivity index (χ2n) is 8.92. The summed E-state index contributed by atoms with van der Waals surface area (Å²) in [6.45, 7) is 4.28. The highest BCUT2D eigenvalue weighted by Gasteiger charge is 2.35. The Balaban J connectivity index is 1.61. The van der Waals surface area contributed by atoms with Gasteiger partial charge in [0.15, 0.2) is 11.6 Å². The molecule has 1 fully saturated rings. The van der Waals surface area contributed by atoms with Crippen molar-refractivity contribution >= 4 is 18.1 Å². The third-order valence-corrected chi connectivity index (χ3v) is 6.44. The van der Waals surface area contributed by atoms with Crippen LogP contribution in [0.4, 0.5) is 19.4 Å². The monoisotopic (exact) mass is 527 g/mol. The Labute approximate surface area is 219 Å². The van der Waals surface area contributed by atoms with Crippen molar-refractivity contribution in [2.75, 3.05) is 45.3 Å². The first kappa shape index (κ1) is 27.2. The van der Waals surface area contributed by atoms with E-state index in [9.17, 15) is 18.4 Å². The number of urea groups is 1. The van der Waals surface area contributed by atoms with E-state index >= 15 is 0 Å². The van der Waals surface area contributed by atoms with Crippen LogP contribution in [0.25, 0.3) is 5.69 Å². The van der Waals surface area contributed by atoms with Gasteiger partial charge in [-0.25, -0.2) is 18.3 Å². The van der Waals surface area contributed by atoms with Gasteiger partial charge in [0.2, 0.25) is 5.88 Å². The summed E-state index contributed by atoms with van der Waals surface area (Å²) < 4.78 is 40.0. The molecular formula is C27H31F2N5O4. The van der Waals surface area contributed by atoms with E-state index in [-0.39, 0.29) is 18.2 Å². The van der Waals surface area contributed by atoms with Gasteiger partial charge in [0.1, 0.15) is 12.1 Å². The zero-order chi connectivity index (χ0) is 27.1. The quantitative estimate of drug-likeness (QED) is 0.371. The second-order valence-corrected chi connectivity index (χ2v) is 8.92. The number of halogens is 2. The van der Waals surface area contributed by atoms with E-state index < -0.39 is 23.7 Å². The number of aromatic nitrogens is 2. The number of benzene rings is 2. The van der Waals surface area contributed by atoms with Gasteiger partial charge < -0.3 is 19.6 Å². The smallest absolute Gasteiger partial charge is 0.320 e. The van der Waals surface area contributed by atoms with Crippen LogP contribution < -0.4 is 15.4 Å². The number of nitrogens with one attached hydrogen (secondary N) is 2. The molecule has 1 saturated heterocycles. The zero-order valence-corrected chi connectivity index (χ0v) is 21.3. The molecule has 1 aliphatic rings. The van der Waals surface area contributed by atoms with Crippen molar-refractivity contribution in [2.24, 2.45) is 0 Å². The van der Waals surface area contributed by atoms with Gasteiger partial charge >= 0.3 is 6.03 Å². The molecule has 2 amide bonds. The minimum Gasteiger partial charge on any atom is -0.477 e. The highest BCUT2D eigenvalue weighted by molar-refractivity contribution is 5.90. The summed E-state index contributed by atoms with van der Waals surface area (Å²) in [4.78, 5) is 26.9. The summed E-state index contributed by atoms with van der Waals surface area (Å²) in [7, 11) is 1.61. The molecule has 38 heavy (non-hydrogen) atoms. The van der Waals surface area contributed by atoms with Crippen LogP contribution in [0, 0.1) is 11.6 Å². The van der Waals surface area contributed by atoms with Crippen LogP contribution in [-0.2, 0) is 16.0 Å². The molecule has 4 rings (SSSR count). The number of carbonyl (C=O) groups is 2. The number of para-hydroxylation sites is 1. The number of carbonyl (C=O) groups excluding carboxylic acids is 2. The molecule has 2 heterocycles. The summed E-state index contributed by atoms with van der Waals surface area (Å²) in [5.74, 6) is -1.57. The summed E-state index contributed by atoms with van der Waals surface area (Å²) >= 11 is 0. The molecule has 11 heteroatoms. The predicted molar refractivity (Wildman–Crippen MR) is 138 cm³/mol. The molecule has 9 nitrogen and oxygen atoms in total. The Bertz CT molecular complexity index is 1250. The van der Waals surface area contributed by atoms with Crippen LogP contribution in [0.15, 0.2) is 48.5 Å². The van der Waals surface area contributed by atoms with Gasteiger partial charge in [0.25, 0.3) is 0 Å². The summed E-state index contributed by atoms with van der Waals surface area (Å²) in [5.41, 5.74) is 1.71. The second kappa shape index (κ2) is 12.6. The van der Waals surface area contributed by atoms with Crippen molar-refractivity contribution in [3.8, 4) is 11.6 Å². The number of aldehydes is 1. The fourth-order valence-electron chi connectivity index (χ4n) is 4.66. The fraction of sp³-hybridized carbons (Fsp3) is 0.370. The van der Waals surface area contributed by atoms with Crippen LogP contribution in [-0.4, -0.2) is 73.0 Å². The lowest BCUT2D eigenvalue weighted by atomic mass is 9.94. The molecule has 0 saturated carbocycles. The molecule has 1 aliphatic heterocycles. The summed E-state index contributed by atoms with van der Waals surface area (Å²) in [6, 6.07) is 12.1. The van der Waals surface area contributed by atoms with Crippen molar-refractivity contribution in [1.82, 2.24) is 20.0 Å². The number of amides is 2. The van der Waals surface area contributed by atoms with Gasteiger partial charge in [-0.1, -0.05) is 24.3 Å². The number of nitrogens with zero attached hydrogens (tertiary/aromatic N) is 3. The zero-order valence-electron chi connectivity index (χ0n) is 21.3. The normalized spacial score (nSPS) is 17.4. The molecule has 2 N–H and O–H groups in total. The van der Waals surface area contributed by atoms with E-state index in [4.69, 9.17) is 9.47 Å². The van der Waals surface area contributed by atoms with Gasteiger partial charge in [-0.3, -0.25) is 10.2 Å². The Morgan fingerprint density at radius 1 is 1.16 bits per heavy atom. The van der Waals surface area contributed by atoms with E-state index in [2.05, 4.69) is 20.6 Å². The van der Waals surface area contributed by atoms with Crippen molar-refractivity contribution in [2.45, 2.75) is 25.3 Å². The van der Waals surface area contributed by atoms with E-state index in [0.717, 1.165) is 12.4 Å². The van der Waals surface area contributed by atoms with Crippen molar-refractivity contribution in [3.05, 3.63) is 71.3 Å². The lowest BCUT2D eigenvalue weighted by Crippen LogP contribution is -2.42. The number of ether oxygens (including phenoxy) is 2. The topological polar surface area (TPSA) is 97.7 Å². The van der Waals surface area contributed by atoms with E-state index in [0.29, 0.717) is 55.5 Å². The molecule has 2 aromatic carbocycles. The number of hydrogen-bond acceptors (Lipinski definition) is 6. The van der Waals surface area contributed by atoms with Crippen LogP contribution in [0.1, 0.15) is 24.0 Å². The first-order valence-electron chi connectivity index (χ1n) is 12.4. The molecule has 1 aromatic heterocycles. The lowest BCUT2D eigenvalue weighted by Gasteiger charge is -2.21. The molecule has 0 unspecified atom stereocenters. The Kier molecular flexibility index (Phi) is 9.03. The minimum atomic E-state index is -0.935. The number of likely N-dealkylation sites (tertiary alicyclic amines) is 1. The van der Waals surface area contributed by atoms with Crippen molar-refractivity contribution < 1.29 is 27.8 Å². The van der Waals surface area contributed by atoms with Crippen LogP contribution >= 0.6 is 0 Å². The van der Waals surface area contributed by atoms with Crippen LogP contribution in [0.3, 0.4) is 0 Å². The largest absolute Gasteiger partial charge is 0.477 e. The van der Waals surface area contributed by atoms with Crippen molar-refractivity contribution in [1.29, 1.82) is 0 Å². The molecule has 202 valence electrons. The van der Waals surface area contributed by atoms with Gasteiger partial charge in [0.05, 0.1) is 30.5 Å². The third kappa shape index (κ3) is 6.17. The van der Waals surface area contributed by atoms with Gasteiger partial charge in [-0.2, -0.15) is 0 Å². The molecule has 0 aliphatic carbocycles. The van der Waals surface area contributed by atoms with E-state index in [1.54, 1.807) is 14.0 Å². The highest BCUT2D eigenvalue weighted by atomic mass is 19.2. The number of hydrogen-bond donors (Lipinski definition) is 2. The van der Waals surface area contributed by atoms with E-state index in [1.165, 1.54) is 16.8 Å². The van der Waals surface area contributed by atoms with Gasteiger partial charge in [0, 0.05) is 39.1 Å². The van der Waals surface area contributed by atoms with Crippen LogP contribution in [0.5, 0.6) is 5.88 Å². The maximum atomic E-state index is 14.0. The summed E-state index contributed by atoms with van der Waals surface area (Å²) in [5, 5.41) is 10.3. The van der Waals surface area contributed by atoms with Gasteiger partial charge in [-0.05, 0) is 36.8 Å². The first-order valence-corrected chi connectivity index (χ1v) is 12.4. The highest BCUT2D eigenvalue weighted by Crippen LogP contribution is 2.31. The fourth-order valence-corrected chi connectivity index (χ4v) is 4.66. The number of rotatable bonds is 11. The Morgan fingerprint density at radius 2 is 1.95 bits per heavy atom. The van der Waals surface area contributed by atoms with Crippen LogP contribution in [0.2, 0.25) is 0 Å². The van der Waals surface area contributed by atoms with Gasteiger partial charge in [-0.15, -0.1) is 5.10 Å². The molecule has 0 radical (unpaired) electrons. The molecule has 3 aromatic rings. The minimum absolute atomic E-state index is 0.0104. The molecule has 2 atom stereocenters. The molecule has 0 spiro atoms. The Morgan fingerprint density at radius 3 is 2.63 bits per heavy atom. The van der Waals surface area contributed by atoms with E-state index in [1.807, 2.05) is 30.3 Å². The maximum absolute atomic E-state index is 14.0. The molecular weight excluding hydrogens is 496 g/mol. The average Bonchev–Trinajstić information content (AvgIpc) is 3.46.